The van der Waals surface area contributed by atoms with Crippen molar-refractivity contribution in [2.75, 3.05) is 0 Å². The second-order valence-corrected chi connectivity index (χ2v) is 5.32. The van der Waals surface area contributed by atoms with Crippen molar-refractivity contribution in [3.8, 4) is 22.5 Å². The Morgan fingerprint density at radius 3 is 1.85 bits per heavy atom. The maximum absolute atomic E-state index is 10.6. The molecule has 0 aliphatic rings. The molecular formula is C17H11BrO2. The lowest BCUT2D eigenvalue weighted by Crippen LogP contribution is -1.79. The number of rotatable bonds is 3. The van der Waals surface area contributed by atoms with Crippen molar-refractivity contribution in [3.63, 3.8) is 0 Å². The van der Waals surface area contributed by atoms with Gasteiger partial charge >= 0.3 is 0 Å². The van der Waals surface area contributed by atoms with E-state index in [4.69, 9.17) is 4.42 Å². The van der Waals surface area contributed by atoms with E-state index in [1.54, 1.807) is 12.1 Å². The van der Waals surface area contributed by atoms with Crippen LogP contribution >= 0.6 is 15.9 Å². The molecule has 1 aromatic heterocycles. The van der Waals surface area contributed by atoms with Gasteiger partial charge in [-0.25, -0.2) is 0 Å². The van der Waals surface area contributed by atoms with Gasteiger partial charge in [0.15, 0.2) is 12.0 Å². The molecule has 0 fully saturated rings. The Morgan fingerprint density at radius 1 is 0.750 bits per heavy atom. The van der Waals surface area contributed by atoms with Crippen molar-refractivity contribution < 1.29 is 9.21 Å². The third-order valence-electron chi connectivity index (χ3n) is 3.09. The van der Waals surface area contributed by atoms with Crippen LogP contribution in [0.2, 0.25) is 0 Å². The van der Waals surface area contributed by atoms with E-state index in [-0.39, 0.29) is 0 Å². The van der Waals surface area contributed by atoms with Gasteiger partial charge in [-0.15, -0.1) is 0 Å². The highest BCUT2D eigenvalue weighted by Crippen LogP contribution is 2.26. The second-order valence-electron chi connectivity index (χ2n) is 4.40. The Hall–Kier alpha value is -2.13. The summed E-state index contributed by atoms with van der Waals surface area (Å²) in [6, 6.07) is 19.7. The Morgan fingerprint density at radius 2 is 1.30 bits per heavy atom. The average Bonchev–Trinajstić information content (AvgIpc) is 2.97. The summed E-state index contributed by atoms with van der Waals surface area (Å²) >= 11 is 3.43. The van der Waals surface area contributed by atoms with E-state index in [2.05, 4.69) is 28.1 Å². The fourth-order valence-electron chi connectivity index (χ4n) is 2.04. The predicted octanol–water partition coefficient (Wildman–Crippen LogP) is 5.19. The van der Waals surface area contributed by atoms with E-state index in [1.807, 2.05) is 36.4 Å². The van der Waals surface area contributed by atoms with Crippen LogP contribution in [0.15, 0.2) is 69.6 Å². The molecule has 3 rings (SSSR count). The standard InChI is InChI=1S/C17H11BrO2/c18-15-7-5-13(6-8-15)12-1-3-14(4-2-12)17-10-9-16(11-19)20-17/h1-11H. The summed E-state index contributed by atoms with van der Waals surface area (Å²) in [5.74, 6) is 1.05. The highest BCUT2D eigenvalue weighted by molar-refractivity contribution is 9.10. The van der Waals surface area contributed by atoms with E-state index < -0.39 is 0 Å². The Balaban J connectivity index is 1.91. The topological polar surface area (TPSA) is 30.2 Å². The van der Waals surface area contributed by atoms with Crippen molar-refractivity contribution in [1.82, 2.24) is 0 Å². The van der Waals surface area contributed by atoms with E-state index >= 15 is 0 Å². The van der Waals surface area contributed by atoms with Crippen molar-refractivity contribution in [3.05, 3.63) is 70.9 Å². The molecule has 0 amide bonds. The number of furan rings is 1. The monoisotopic (exact) mass is 326 g/mol. The van der Waals surface area contributed by atoms with Gasteiger partial charge in [0.1, 0.15) is 5.76 Å². The summed E-state index contributed by atoms with van der Waals surface area (Å²) in [5, 5.41) is 0. The maximum atomic E-state index is 10.6. The molecule has 0 aliphatic carbocycles. The summed E-state index contributed by atoms with van der Waals surface area (Å²) in [4.78, 5) is 10.6. The maximum Gasteiger partial charge on any atom is 0.185 e. The molecule has 0 bridgehead atoms. The van der Waals surface area contributed by atoms with Crippen molar-refractivity contribution >= 4 is 22.2 Å². The fraction of sp³-hybridized carbons (Fsp3) is 0. The lowest BCUT2D eigenvalue weighted by Gasteiger charge is -2.03. The third kappa shape index (κ3) is 2.58. The molecule has 3 heteroatoms. The number of aldehydes is 1. The number of halogens is 1. The van der Waals surface area contributed by atoms with Crippen LogP contribution < -0.4 is 0 Å². The van der Waals surface area contributed by atoms with Gasteiger partial charge in [-0.1, -0.05) is 52.3 Å². The minimum Gasteiger partial charge on any atom is -0.453 e. The van der Waals surface area contributed by atoms with Gasteiger partial charge in [0.05, 0.1) is 0 Å². The van der Waals surface area contributed by atoms with Gasteiger partial charge in [-0.05, 0) is 35.4 Å². The first-order chi connectivity index (χ1) is 9.76. The highest BCUT2D eigenvalue weighted by atomic mass is 79.9. The molecule has 0 atom stereocenters. The largest absolute Gasteiger partial charge is 0.453 e. The van der Waals surface area contributed by atoms with Gasteiger partial charge in [0.2, 0.25) is 0 Å². The van der Waals surface area contributed by atoms with Gasteiger partial charge in [-0.3, -0.25) is 4.79 Å². The fourth-order valence-corrected chi connectivity index (χ4v) is 2.30. The van der Waals surface area contributed by atoms with Gasteiger partial charge in [0.25, 0.3) is 0 Å². The number of benzene rings is 2. The molecule has 2 nitrogen and oxygen atoms in total. The molecule has 98 valence electrons. The highest BCUT2D eigenvalue weighted by Gasteiger charge is 2.04. The molecular weight excluding hydrogens is 316 g/mol. The molecule has 20 heavy (non-hydrogen) atoms. The smallest absolute Gasteiger partial charge is 0.185 e. The Bertz CT molecular complexity index is 724. The molecule has 2 aromatic carbocycles. The van der Waals surface area contributed by atoms with E-state index in [1.165, 1.54) is 0 Å². The second kappa shape index (κ2) is 5.47. The molecule has 3 aromatic rings. The zero-order valence-corrected chi connectivity index (χ0v) is 12.1. The van der Waals surface area contributed by atoms with E-state index in [0.29, 0.717) is 17.8 Å². The Labute approximate surface area is 125 Å². The van der Waals surface area contributed by atoms with Crippen LogP contribution in [-0.2, 0) is 0 Å². The summed E-state index contributed by atoms with van der Waals surface area (Å²) in [6.45, 7) is 0. The average molecular weight is 327 g/mol. The van der Waals surface area contributed by atoms with Crippen LogP contribution in [0.3, 0.4) is 0 Å². The zero-order chi connectivity index (χ0) is 13.9. The van der Waals surface area contributed by atoms with Crippen LogP contribution in [0.1, 0.15) is 10.6 Å². The molecule has 0 saturated carbocycles. The van der Waals surface area contributed by atoms with Crippen LogP contribution in [0.25, 0.3) is 22.5 Å². The first kappa shape index (κ1) is 12.9. The lowest BCUT2D eigenvalue weighted by atomic mass is 10.0. The van der Waals surface area contributed by atoms with E-state index in [0.717, 1.165) is 21.2 Å². The van der Waals surface area contributed by atoms with Gasteiger partial charge < -0.3 is 4.42 Å². The first-order valence-corrected chi connectivity index (χ1v) is 6.97. The van der Waals surface area contributed by atoms with Crippen LogP contribution in [0.4, 0.5) is 0 Å². The number of hydrogen-bond acceptors (Lipinski definition) is 2. The molecule has 1 heterocycles. The predicted molar refractivity (Wildman–Crippen MR) is 82.7 cm³/mol. The molecule has 0 radical (unpaired) electrons. The molecule has 0 saturated heterocycles. The normalized spacial score (nSPS) is 10.4. The molecule has 0 N–H and O–H groups in total. The van der Waals surface area contributed by atoms with Crippen LogP contribution in [-0.4, -0.2) is 6.29 Å². The minimum absolute atomic E-state index is 0.344. The summed E-state index contributed by atoms with van der Waals surface area (Å²) < 4.78 is 6.47. The zero-order valence-electron chi connectivity index (χ0n) is 10.5. The Kier molecular flexibility index (Phi) is 3.52. The molecule has 0 aliphatic heterocycles. The van der Waals surface area contributed by atoms with Gasteiger partial charge in [-0.2, -0.15) is 0 Å². The minimum atomic E-state index is 0.344. The SMILES string of the molecule is O=Cc1ccc(-c2ccc(-c3ccc(Br)cc3)cc2)o1. The summed E-state index contributed by atoms with van der Waals surface area (Å²) in [5.41, 5.74) is 3.26. The van der Waals surface area contributed by atoms with Crippen molar-refractivity contribution in [2.24, 2.45) is 0 Å². The van der Waals surface area contributed by atoms with Crippen LogP contribution in [0.5, 0.6) is 0 Å². The van der Waals surface area contributed by atoms with Gasteiger partial charge in [0, 0.05) is 10.0 Å². The summed E-state index contributed by atoms with van der Waals surface area (Å²) in [6.07, 6.45) is 0.708. The number of carbonyl (C=O) groups is 1. The van der Waals surface area contributed by atoms with Crippen molar-refractivity contribution in [2.45, 2.75) is 0 Å². The lowest BCUT2D eigenvalue weighted by molar-refractivity contribution is 0.110. The third-order valence-corrected chi connectivity index (χ3v) is 3.62. The molecule has 0 unspecified atom stereocenters. The summed E-state index contributed by atoms with van der Waals surface area (Å²) in [7, 11) is 0. The number of carbonyl (C=O) groups excluding carboxylic acids is 1. The number of hydrogen-bond donors (Lipinski definition) is 0. The van der Waals surface area contributed by atoms with E-state index in [9.17, 15) is 4.79 Å². The molecule has 0 spiro atoms. The first-order valence-electron chi connectivity index (χ1n) is 6.18. The van der Waals surface area contributed by atoms with Crippen molar-refractivity contribution in [1.29, 1.82) is 0 Å². The van der Waals surface area contributed by atoms with Crippen LogP contribution in [0, 0.1) is 0 Å². The quantitative estimate of drug-likeness (QED) is 0.620.